The molecule has 3 unspecified atom stereocenters. The Morgan fingerprint density at radius 2 is 1.95 bits per heavy atom. The van der Waals surface area contributed by atoms with Gasteiger partial charge in [-0.2, -0.15) is 0 Å². The average Bonchev–Trinajstić information content (AvgIpc) is 2.88. The molecule has 2 fully saturated rings. The van der Waals surface area contributed by atoms with Gasteiger partial charge in [-0.1, -0.05) is 20.8 Å². The smallest absolute Gasteiger partial charge is 0.143 e. The summed E-state index contributed by atoms with van der Waals surface area (Å²) in [5.41, 5.74) is -1.68. The lowest BCUT2D eigenvalue weighted by Gasteiger charge is -2.51. The summed E-state index contributed by atoms with van der Waals surface area (Å²) in [6, 6.07) is 2.63. The van der Waals surface area contributed by atoms with Crippen molar-refractivity contribution >= 4 is 15.9 Å². The maximum Gasteiger partial charge on any atom is 0.143 e. The molecule has 3 rings (SSSR count). The highest BCUT2D eigenvalue weighted by molar-refractivity contribution is 9.10. The molecule has 0 saturated heterocycles. The fourth-order valence-corrected chi connectivity index (χ4v) is 5.15. The number of rotatable bonds is 2. The third-order valence-electron chi connectivity index (χ3n) is 6.40. The van der Waals surface area contributed by atoms with E-state index < -0.39 is 17.2 Å². The second kappa shape index (κ2) is 4.51. The zero-order valence-corrected chi connectivity index (χ0v) is 14.2. The van der Waals surface area contributed by atoms with Crippen LogP contribution in [0.4, 0.5) is 8.78 Å². The van der Waals surface area contributed by atoms with E-state index in [4.69, 9.17) is 0 Å². The number of hydrogen-bond acceptors (Lipinski definition) is 1. The fourth-order valence-electron chi connectivity index (χ4n) is 4.78. The quantitative estimate of drug-likeness (QED) is 0.749. The van der Waals surface area contributed by atoms with E-state index in [1.807, 2.05) is 13.8 Å². The van der Waals surface area contributed by atoms with Gasteiger partial charge in [-0.3, -0.25) is 0 Å². The molecule has 116 valence electrons. The predicted molar refractivity (Wildman–Crippen MR) is 81.9 cm³/mol. The van der Waals surface area contributed by atoms with Crippen LogP contribution in [0.5, 0.6) is 0 Å². The van der Waals surface area contributed by atoms with Crippen molar-refractivity contribution < 1.29 is 13.9 Å². The van der Waals surface area contributed by atoms with Gasteiger partial charge in [-0.15, -0.1) is 0 Å². The van der Waals surface area contributed by atoms with E-state index in [-0.39, 0.29) is 27.3 Å². The highest BCUT2D eigenvalue weighted by Crippen LogP contribution is 2.68. The van der Waals surface area contributed by atoms with Crippen molar-refractivity contribution in [2.45, 2.75) is 52.1 Å². The summed E-state index contributed by atoms with van der Waals surface area (Å²) >= 11 is 3.11. The molecule has 2 bridgehead atoms. The van der Waals surface area contributed by atoms with Crippen molar-refractivity contribution in [3.8, 4) is 0 Å². The molecule has 2 saturated carbocycles. The van der Waals surface area contributed by atoms with Crippen molar-refractivity contribution in [1.29, 1.82) is 0 Å². The Kier molecular flexibility index (Phi) is 3.31. The topological polar surface area (TPSA) is 20.2 Å². The number of halogens is 3. The third-order valence-corrected chi connectivity index (χ3v) is 7.01. The second-order valence-corrected chi connectivity index (χ2v) is 8.44. The highest BCUT2D eigenvalue weighted by Gasteiger charge is 2.68. The van der Waals surface area contributed by atoms with Crippen LogP contribution in [0.2, 0.25) is 0 Å². The summed E-state index contributed by atoms with van der Waals surface area (Å²) in [6.07, 6.45) is 2.99. The minimum atomic E-state index is -1.08. The van der Waals surface area contributed by atoms with Gasteiger partial charge in [0.15, 0.2) is 0 Å². The molecule has 0 aromatic heterocycles. The van der Waals surface area contributed by atoms with Gasteiger partial charge in [0.25, 0.3) is 0 Å². The fraction of sp³-hybridized carbons (Fsp3) is 0.647. The first kappa shape index (κ1) is 15.4. The van der Waals surface area contributed by atoms with Crippen LogP contribution in [0.15, 0.2) is 16.6 Å². The Balaban J connectivity index is 2.07. The molecule has 1 nitrogen and oxygen atoms in total. The number of benzene rings is 1. The van der Waals surface area contributed by atoms with Crippen LogP contribution in [0.25, 0.3) is 0 Å². The zero-order chi connectivity index (χ0) is 15.6. The molecule has 0 aliphatic heterocycles. The third kappa shape index (κ3) is 1.88. The number of fused-ring (bicyclic) bond motifs is 2. The lowest BCUT2D eigenvalue weighted by molar-refractivity contribution is -0.142. The normalized spacial score (nSPS) is 37.2. The van der Waals surface area contributed by atoms with Crippen LogP contribution >= 0.6 is 15.9 Å². The van der Waals surface area contributed by atoms with Crippen molar-refractivity contribution in [3.63, 3.8) is 0 Å². The molecule has 1 aromatic rings. The highest BCUT2D eigenvalue weighted by atomic mass is 79.9. The van der Waals surface area contributed by atoms with E-state index in [0.29, 0.717) is 5.92 Å². The maximum absolute atomic E-state index is 14.3. The average molecular weight is 359 g/mol. The van der Waals surface area contributed by atoms with E-state index in [1.165, 1.54) is 12.1 Å². The van der Waals surface area contributed by atoms with Gasteiger partial charge in [0.05, 0.1) is 10.1 Å². The minimum Gasteiger partial charge on any atom is -0.388 e. The number of hydrogen-bond donors (Lipinski definition) is 1. The summed E-state index contributed by atoms with van der Waals surface area (Å²) in [5, 5.41) is 11.4. The van der Waals surface area contributed by atoms with Gasteiger partial charge in [0.1, 0.15) is 11.6 Å². The molecule has 1 aromatic carbocycles. The second-order valence-electron chi connectivity index (χ2n) is 7.58. The molecule has 0 radical (unpaired) electrons. The molecular formula is C17H21BrF2O. The maximum atomic E-state index is 14.3. The Bertz CT molecular complexity index is 594. The molecule has 1 N–H and O–H groups in total. The molecule has 2 aliphatic rings. The SMILES string of the molecule is CC12CCC(C1)C(C)(C)C2(O)Cc1c(F)ccc(Br)c1F. The van der Waals surface area contributed by atoms with Gasteiger partial charge in [0, 0.05) is 12.0 Å². The van der Waals surface area contributed by atoms with Crippen LogP contribution in [-0.2, 0) is 6.42 Å². The summed E-state index contributed by atoms with van der Waals surface area (Å²) in [7, 11) is 0. The molecule has 0 amide bonds. The standard InChI is InChI=1S/C17H21BrF2O/c1-15(2)10-6-7-16(3,8-10)17(15,21)9-11-13(19)5-4-12(18)14(11)20/h4-5,10,21H,6-9H2,1-3H3. The minimum absolute atomic E-state index is 0.00581. The van der Waals surface area contributed by atoms with Crippen LogP contribution < -0.4 is 0 Å². The Labute approximate surface area is 132 Å². The lowest BCUT2D eigenvalue weighted by Crippen LogP contribution is -2.55. The van der Waals surface area contributed by atoms with Gasteiger partial charge in [-0.05, 0) is 64.1 Å². The van der Waals surface area contributed by atoms with Crippen molar-refractivity contribution in [1.82, 2.24) is 0 Å². The van der Waals surface area contributed by atoms with E-state index in [0.717, 1.165) is 19.3 Å². The predicted octanol–water partition coefficient (Wildman–Crippen LogP) is 4.85. The van der Waals surface area contributed by atoms with Gasteiger partial charge < -0.3 is 5.11 Å². The van der Waals surface area contributed by atoms with E-state index in [1.54, 1.807) is 0 Å². The molecule has 3 atom stereocenters. The lowest BCUT2D eigenvalue weighted by atomic mass is 9.58. The monoisotopic (exact) mass is 358 g/mol. The Morgan fingerprint density at radius 3 is 2.52 bits per heavy atom. The summed E-state index contributed by atoms with van der Waals surface area (Å²) in [4.78, 5) is 0. The molecule has 0 spiro atoms. The van der Waals surface area contributed by atoms with Crippen molar-refractivity contribution in [2.24, 2.45) is 16.7 Å². The van der Waals surface area contributed by atoms with Gasteiger partial charge in [-0.25, -0.2) is 8.78 Å². The molecule has 2 aliphatic carbocycles. The summed E-state index contributed by atoms with van der Waals surface area (Å²) in [6.45, 7) is 6.14. The first-order chi connectivity index (χ1) is 9.62. The van der Waals surface area contributed by atoms with E-state index in [9.17, 15) is 13.9 Å². The van der Waals surface area contributed by atoms with Crippen LogP contribution in [0, 0.1) is 28.4 Å². The van der Waals surface area contributed by atoms with Crippen LogP contribution in [0.1, 0.15) is 45.6 Å². The van der Waals surface area contributed by atoms with Gasteiger partial charge in [0.2, 0.25) is 0 Å². The summed E-state index contributed by atoms with van der Waals surface area (Å²) in [5.74, 6) is -0.748. The first-order valence-electron chi connectivity index (χ1n) is 7.47. The largest absolute Gasteiger partial charge is 0.388 e. The number of aliphatic hydroxyl groups is 1. The van der Waals surface area contributed by atoms with Crippen LogP contribution in [0.3, 0.4) is 0 Å². The molecular weight excluding hydrogens is 338 g/mol. The molecule has 0 heterocycles. The zero-order valence-electron chi connectivity index (χ0n) is 12.6. The van der Waals surface area contributed by atoms with Crippen molar-refractivity contribution in [3.05, 3.63) is 33.8 Å². The van der Waals surface area contributed by atoms with Gasteiger partial charge >= 0.3 is 0 Å². The summed E-state index contributed by atoms with van der Waals surface area (Å²) < 4.78 is 28.7. The van der Waals surface area contributed by atoms with Crippen molar-refractivity contribution in [2.75, 3.05) is 0 Å². The van der Waals surface area contributed by atoms with E-state index >= 15 is 0 Å². The molecule has 4 heteroatoms. The van der Waals surface area contributed by atoms with Crippen LogP contribution in [-0.4, -0.2) is 10.7 Å². The first-order valence-corrected chi connectivity index (χ1v) is 8.26. The Hall–Kier alpha value is -0.480. The van der Waals surface area contributed by atoms with E-state index in [2.05, 4.69) is 22.9 Å². The Morgan fingerprint density at radius 1 is 1.29 bits per heavy atom. The molecule has 21 heavy (non-hydrogen) atoms.